The maximum atomic E-state index is 15.5. The first kappa shape index (κ1) is 59.6. The summed E-state index contributed by atoms with van der Waals surface area (Å²) in [4.78, 5) is 124. The van der Waals surface area contributed by atoms with Gasteiger partial charge in [-0.3, -0.25) is 43.4 Å². The Morgan fingerprint density at radius 1 is 0.975 bits per heavy atom. The highest BCUT2D eigenvalue weighted by Crippen LogP contribution is 2.46. The minimum Gasteiger partial charge on any atom is -0.458 e. The van der Waals surface area contributed by atoms with Crippen molar-refractivity contribution in [2.24, 2.45) is 11.8 Å². The number of hydrogen-bond donors (Lipinski definition) is 3. The number of halogens is 1. The number of Topliss-reactive ketones (excluding diaryl/α,β-unsaturated/α-hetero) is 2. The normalized spacial score (nSPS) is 17.8. The number of aromatic nitrogens is 2. The maximum absolute atomic E-state index is 15.5. The van der Waals surface area contributed by atoms with E-state index in [9.17, 15) is 56.7 Å². The standard InChI is InChI=1S/C58H67FN6O15S/c1-7-58(75)42-25-46-53-40(27-65(46)55(72)41(42)29-79-56(58)73)52-44(17-16-38-33(4)43(59)26-45(62-53)51(38)52)61-48(68)30-78-31-63(21-22-81(6,76)77)57(74)80-28-36-14-12-35(13-15-36)23-47(67)34(5)60-54(71)39(32(2)3)24-37(66)11-9-8-10-20-64-49(69)18-19-50(64)70/h12-15,18-19,25-26,32,34,39,44,75H,7-11,16-17,20-24,27-31H2,1-6H3,(H,60,71)(H,61,68)/t34-,39-,44-,58-/m0/s1. The van der Waals surface area contributed by atoms with Crippen LogP contribution >= 0.6 is 0 Å². The number of aliphatic hydroxyl groups is 1. The van der Waals surface area contributed by atoms with Crippen molar-refractivity contribution in [1.82, 2.24) is 30.0 Å². The fourth-order valence-corrected chi connectivity index (χ4v) is 11.4. The summed E-state index contributed by atoms with van der Waals surface area (Å²) >= 11 is 0. The van der Waals surface area contributed by atoms with Gasteiger partial charge in [-0.15, -0.1) is 0 Å². The van der Waals surface area contributed by atoms with Crippen molar-refractivity contribution < 1.29 is 70.5 Å². The number of carbonyl (C=O) groups is 8. The van der Waals surface area contributed by atoms with Gasteiger partial charge in [-0.1, -0.05) is 51.5 Å². The molecule has 0 saturated heterocycles. The van der Waals surface area contributed by atoms with Gasteiger partial charge in [0.25, 0.3) is 17.4 Å². The molecule has 1 aliphatic carbocycles. The number of ether oxygens (including phenoxy) is 3. The number of sulfone groups is 1. The van der Waals surface area contributed by atoms with Crippen LogP contribution in [-0.2, 0) is 95.8 Å². The Hall–Kier alpha value is -7.50. The van der Waals surface area contributed by atoms with E-state index in [0.717, 1.165) is 16.1 Å². The number of imide groups is 1. The van der Waals surface area contributed by atoms with Crippen LogP contribution in [0.5, 0.6) is 0 Å². The van der Waals surface area contributed by atoms with E-state index in [0.29, 0.717) is 82.3 Å². The first-order chi connectivity index (χ1) is 38.4. The predicted octanol–water partition coefficient (Wildman–Crippen LogP) is 4.62. The molecule has 5 amide bonds. The number of nitrogens with one attached hydrogen (secondary N) is 2. The van der Waals surface area contributed by atoms with Crippen molar-refractivity contribution in [3.8, 4) is 11.4 Å². The quantitative estimate of drug-likeness (QED) is 0.0311. The van der Waals surface area contributed by atoms with Gasteiger partial charge < -0.3 is 34.5 Å². The van der Waals surface area contributed by atoms with Gasteiger partial charge in [0.05, 0.1) is 46.8 Å². The highest BCUT2D eigenvalue weighted by atomic mass is 32.2. The van der Waals surface area contributed by atoms with Gasteiger partial charge in [-0.05, 0) is 85.8 Å². The molecule has 4 aliphatic rings. The van der Waals surface area contributed by atoms with Crippen molar-refractivity contribution in [2.45, 2.75) is 130 Å². The third-order valence-electron chi connectivity index (χ3n) is 15.6. The number of fused-ring (bicyclic) bond motifs is 5. The Morgan fingerprint density at radius 2 is 1.68 bits per heavy atom. The molecule has 23 heteroatoms. The van der Waals surface area contributed by atoms with Crippen LogP contribution in [0.3, 0.4) is 0 Å². The zero-order chi connectivity index (χ0) is 58.7. The molecule has 0 unspecified atom stereocenters. The molecule has 81 heavy (non-hydrogen) atoms. The van der Waals surface area contributed by atoms with E-state index < -0.39 is 87.8 Å². The summed E-state index contributed by atoms with van der Waals surface area (Å²) in [6, 6.07) is 7.93. The summed E-state index contributed by atoms with van der Waals surface area (Å²) in [6.45, 7) is 6.79. The first-order valence-electron chi connectivity index (χ1n) is 27.1. The van der Waals surface area contributed by atoms with Gasteiger partial charge in [0, 0.05) is 79.3 Å². The summed E-state index contributed by atoms with van der Waals surface area (Å²) in [5.74, 6) is -4.73. The van der Waals surface area contributed by atoms with Gasteiger partial charge in [0.15, 0.2) is 11.4 Å². The second-order valence-electron chi connectivity index (χ2n) is 21.7. The molecule has 5 heterocycles. The van der Waals surface area contributed by atoms with Crippen LogP contribution in [0, 0.1) is 24.6 Å². The molecule has 432 valence electrons. The highest BCUT2D eigenvalue weighted by molar-refractivity contribution is 7.90. The summed E-state index contributed by atoms with van der Waals surface area (Å²) in [5.41, 5.74) is 2.11. The first-order valence-corrected chi connectivity index (χ1v) is 29.2. The van der Waals surface area contributed by atoms with Crippen LogP contribution in [0.1, 0.15) is 123 Å². The van der Waals surface area contributed by atoms with Crippen molar-refractivity contribution in [1.29, 1.82) is 0 Å². The van der Waals surface area contributed by atoms with Crippen LogP contribution in [0.4, 0.5) is 9.18 Å². The van der Waals surface area contributed by atoms with Crippen molar-refractivity contribution in [2.75, 3.05) is 38.4 Å². The van der Waals surface area contributed by atoms with E-state index in [2.05, 4.69) is 10.6 Å². The summed E-state index contributed by atoms with van der Waals surface area (Å²) in [5, 5.41) is 17.8. The molecule has 3 N–H and O–H groups in total. The Labute approximate surface area is 467 Å². The Bertz CT molecular complexity index is 3410. The van der Waals surface area contributed by atoms with Crippen molar-refractivity contribution >= 4 is 68.0 Å². The number of esters is 1. The molecule has 0 fully saturated rings. The minimum atomic E-state index is -3.57. The predicted molar refractivity (Wildman–Crippen MR) is 291 cm³/mol. The number of rotatable bonds is 25. The van der Waals surface area contributed by atoms with E-state index >= 15 is 4.39 Å². The smallest absolute Gasteiger partial charge is 0.411 e. The molecular weight excluding hydrogens is 1070 g/mol. The van der Waals surface area contributed by atoms with E-state index in [1.54, 1.807) is 51.1 Å². The SMILES string of the molecule is CC[C@@]1(O)C(=O)OCc2c1cc1n(c2=O)Cc2c-1nc1cc(F)c(C)c3c1c2[C@@H](NC(=O)COCN(CCS(C)(=O)=O)C(=O)OCc1ccc(CC(=O)[C@H](C)NC(=O)[C@@H](CC(=O)CCCCCN2C(=O)C=CC2=O)C(C)C)cc1)CC3. The number of pyridine rings is 2. The van der Waals surface area contributed by atoms with Crippen LogP contribution in [-0.4, -0.2) is 125 Å². The topological polar surface area (TPSA) is 284 Å². The van der Waals surface area contributed by atoms with Crippen LogP contribution in [0.25, 0.3) is 22.3 Å². The second kappa shape index (κ2) is 24.7. The second-order valence-corrected chi connectivity index (χ2v) is 23.9. The molecule has 0 radical (unpaired) electrons. The lowest BCUT2D eigenvalue weighted by atomic mass is 9.81. The molecule has 4 aromatic rings. The number of amides is 5. The number of hydrogen-bond acceptors (Lipinski definition) is 16. The number of aryl methyl sites for hydroxylation is 1. The number of ketones is 2. The Balaban J connectivity index is 0.843. The molecule has 3 aliphatic heterocycles. The van der Waals surface area contributed by atoms with Crippen LogP contribution in [0.15, 0.2) is 53.3 Å². The third-order valence-corrected chi connectivity index (χ3v) is 16.5. The molecule has 2 aromatic carbocycles. The molecule has 0 spiro atoms. The van der Waals surface area contributed by atoms with E-state index in [1.807, 2.05) is 13.8 Å². The number of unbranched alkanes of at least 4 members (excludes halogenated alkanes) is 2. The summed E-state index contributed by atoms with van der Waals surface area (Å²) < 4.78 is 57.8. The molecule has 21 nitrogen and oxygen atoms in total. The fourth-order valence-electron chi connectivity index (χ4n) is 10.8. The van der Waals surface area contributed by atoms with E-state index in [4.69, 9.17) is 19.2 Å². The number of cyclic esters (lactones) is 1. The Morgan fingerprint density at radius 3 is 2.36 bits per heavy atom. The fraction of sp³-hybridized carbons (Fsp3) is 0.483. The lowest BCUT2D eigenvalue weighted by Gasteiger charge is -2.31. The Kier molecular flexibility index (Phi) is 18.2. The summed E-state index contributed by atoms with van der Waals surface area (Å²) in [7, 11) is -3.57. The van der Waals surface area contributed by atoms with Gasteiger partial charge in [-0.25, -0.2) is 27.4 Å². The lowest BCUT2D eigenvalue weighted by Crippen LogP contribution is -2.44. The van der Waals surface area contributed by atoms with Crippen LogP contribution < -0.4 is 16.2 Å². The van der Waals surface area contributed by atoms with E-state index in [1.165, 1.54) is 22.8 Å². The molecule has 8 rings (SSSR count). The van der Waals surface area contributed by atoms with Crippen molar-refractivity contribution in [3.05, 3.63) is 109 Å². The largest absolute Gasteiger partial charge is 0.458 e. The molecule has 4 atom stereocenters. The molecule has 0 saturated carbocycles. The van der Waals surface area contributed by atoms with Gasteiger partial charge in [0.2, 0.25) is 11.8 Å². The van der Waals surface area contributed by atoms with Gasteiger partial charge in [0.1, 0.15) is 48.0 Å². The highest BCUT2D eigenvalue weighted by Gasteiger charge is 2.46. The zero-order valence-electron chi connectivity index (χ0n) is 46.2. The minimum absolute atomic E-state index is 0.00558. The molecule has 2 aromatic heterocycles. The van der Waals surface area contributed by atoms with E-state index in [-0.39, 0.29) is 104 Å². The van der Waals surface area contributed by atoms with Gasteiger partial charge >= 0.3 is 12.1 Å². The molecular formula is C58H67FN6O15S. The average Bonchev–Trinajstić information content (AvgIpc) is 4.11. The number of carbonyl (C=O) groups excluding carboxylic acids is 8. The monoisotopic (exact) mass is 1140 g/mol. The van der Waals surface area contributed by atoms with Gasteiger partial charge in [-0.2, -0.15) is 0 Å². The molecule has 0 bridgehead atoms. The maximum Gasteiger partial charge on any atom is 0.411 e. The van der Waals surface area contributed by atoms with Crippen molar-refractivity contribution in [3.63, 3.8) is 0 Å². The number of benzene rings is 2. The number of nitrogens with zero attached hydrogens (tertiary/aromatic N) is 4. The third kappa shape index (κ3) is 13.2. The zero-order valence-corrected chi connectivity index (χ0v) is 47.0. The van der Waals surface area contributed by atoms with Crippen LogP contribution in [0.2, 0.25) is 0 Å². The average molecular weight is 1140 g/mol. The summed E-state index contributed by atoms with van der Waals surface area (Å²) in [6.07, 6.45) is 5.11. The lowest BCUT2D eigenvalue weighted by molar-refractivity contribution is -0.172.